The van der Waals surface area contributed by atoms with Gasteiger partial charge in [-0.3, -0.25) is 9.48 Å². The molecule has 5 heteroatoms. The normalized spacial score (nSPS) is 10.6. The Bertz CT molecular complexity index is 577. The molecule has 4 nitrogen and oxygen atoms in total. The van der Waals surface area contributed by atoms with Crippen molar-refractivity contribution in [2.24, 2.45) is 7.05 Å². The van der Waals surface area contributed by atoms with Crippen LogP contribution in [0.25, 0.3) is 0 Å². The van der Waals surface area contributed by atoms with Gasteiger partial charge in [-0.2, -0.15) is 5.10 Å². The summed E-state index contributed by atoms with van der Waals surface area (Å²) in [6, 6.07) is 6.26. The zero-order valence-electron chi connectivity index (χ0n) is 11.7. The highest BCUT2D eigenvalue weighted by molar-refractivity contribution is 5.76. The van der Waals surface area contributed by atoms with Gasteiger partial charge in [-0.15, -0.1) is 0 Å². The van der Waals surface area contributed by atoms with Crippen molar-refractivity contribution in [1.29, 1.82) is 0 Å². The molecule has 0 saturated carbocycles. The van der Waals surface area contributed by atoms with Crippen LogP contribution < -0.4 is 0 Å². The van der Waals surface area contributed by atoms with E-state index in [1.807, 2.05) is 13.2 Å². The minimum absolute atomic E-state index is 0.0678. The fraction of sp³-hybridized carbons (Fsp3) is 0.333. The fourth-order valence-electron chi connectivity index (χ4n) is 2.01. The van der Waals surface area contributed by atoms with Gasteiger partial charge in [-0.25, -0.2) is 4.39 Å². The van der Waals surface area contributed by atoms with E-state index >= 15 is 0 Å². The number of carbonyl (C=O) groups is 1. The quantitative estimate of drug-likeness (QED) is 0.838. The third-order valence-electron chi connectivity index (χ3n) is 3.14. The van der Waals surface area contributed by atoms with E-state index in [1.165, 1.54) is 12.1 Å². The highest BCUT2D eigenvalue weighted by Crippen LogP contribution is 2.08. The summed E-state index contributed by atoms with van der Waals surface area (Å²) in [6.45, 7) is 0.552. The Morgan fingerprint density at radius 2 is 2.00 bits per heavy atom. The molecule has 2 aromatic rings. The van der Waals surface area contributed by atoms with Crippen molar-refractivity contribution in [2.45, 2.75) is 19.4 Å². The van der Waals surface area contributed by atoms with Gasteiger partial charge in [0.2, 0.25) is 5.91 Å². The molecular formula is C15H18FN3O. The molecule has 0 spiro atoms. The number of halogens is 1. The van der Waals surface area contributed by atoms with Crippen LogP contribution in [0.2, 0.25) is 0 Å². The van der Waals surface area contributed by atoms with Crippen molar-refractivity contribution in [3.05, 3.63) is 53.6 Å². The van der Waals surface area contributed by atoms with Gasteiger partial charge in [0.1, 0.15) is 5.82 Å². The second-order valence-corrected chi connectivity index (χ2v) is 4.90. The van der Waals surface area contributed by atoms with Crippen LogP contribution in [0.5, 0.6) is 0 Å². The Kier molecular flexibility index (Phi) is 4.50. The van der Waals surface area contributed by atoms with Crippen LogP contribution in [0, 0.1) is 5.82 Å². The van der Waals surface area contributed by atoms with E-state index in [0.717, 1.165) is 11.1 Å². The van der Waals surface area contributed by atoms with E-state index in [1.54, 1.807) is 35.0 Å². The van der Waals surface area contributed by atoms with Gasteiger partial charge in [-0.05, 0) is 24.1 Å². The summed E-state index contributed by atoms with van der Waals surface area (Å²) in [4.78, 5) is 13.7. The molecule has 0 aliphatic rings. The molecule has 2 rings (SSSR count). The van der Waals surface area contributed by atoms with E-state index < -0.39 is 0 Å². The topological polar surface area (TPSA) is 38.1 Å². The highest BCUT2D eigenvalue weighted by Gasteiger charge is 2.10. The van der Waals surface area contributed by atoms with Crippen LogP contribution in [-0.2, 0) is 24.8 Å². The second-order valence-electron chi connectivity index (χ2n) is 4.90. The molecule has 1 amide bonds. The number of nitrogens with zero attached hydrogens (tertiary/aromatic N) is 3. The molecule has 0 bridgehead atoms. The van der Waals surface area contributed by atoms with Crippen LogP contribution in [0.4, 0.5) is 4.39 Å². The molecule has 0 saturated heterocycles. The lowest BCUT2D eigenvalue weighted by Gasteiger charge is -2.16. The number of rotatable bonds is 5. The third-order valence-corrected chi connectivity index (χ3v) is 3.14. The van der Waals surface area contributed by atoms with Gasteiger partial charge in [-0.1, -0.05) is 12.1 Å². The molecule has 0 fully saturated rings. The van der Waals surface area contributed by atoms with Crippen molar-refractivity contribution in [3.8, 4) is 0 Å². The summed E-state index contributed by atoms with van der Waals surface area (Å²) in [5.41, 5.74) is 1.97. The van der Waals surface area contributed by atoms with E-state index in [4.69, 9.17) is 0 Å². The smallest absolute Gasteiger partial charge is 0.222 e. The van der Waals surface area contributed by atoms with E-state index in [-0.39, 0.29) is 11.7 Å². The number of aryl methyl sites for hydroxylation is 2. The third kappa shape index (κ3) is 3.91. The molecular weight excluding hydrogens is 257 g/mol. The van der Waals surface area contributed by atoms with Crippen LogP contribution in [0.3, 0.4) is 0 Å². The van der Waals surface area contributed by atoms with Gasteiger partial charge in [0.15, 0.2) is 0 Å². The number of hydrogen-bond donors (Lipinski definition) is 0. The first-order valence-corrected chi connectivity index (χ1v) is 6.50. The predicted molar refractivity (Wildman–Crippen MR) is 74.4 cm³/mol. The van der Waals surface area contributed by atoms with Gasteiger partial charge in [0.25, 0.3) is 0 Å². The van der Waals surface area contributed by atoms with Crippen LogP contribution in [-0.4, -0.2) is 27.6 Å². The largest absolute Gasteiger partial charge is 0.341 e. The molecule has 0 radical (unpaired) electrons. The molecule has 20 heavy (non-hydrogen) atoms. The number of benzene rings is 1. The Morgan fingerprint density at radius 1 is 1.30 bits per heavy atom. The van der Waals surface area contributed by atoms with E-state index in [0.29, 0.717) is 19.4 Å². The minimum Gasteiger partial charge on any atom is -0.341 e. The maximum atomic E-state index is 12.8. The highest BCUT2D eigenvalue weighted by atomic mass is 19.1. The Balaban J connectivity index is 1.83. The number of hydrogen-bond acceptors (Lipinski definition) is 2. The zero-order chi connectivity index (χ0) is 14.5. The summed E-state index contributed by atoms with van der Waals surface area (Å²) in [7, 11) is 3.62. The van der Waals surface area contributed by atoms with Crippen molar-refractivity contribution in [2.75, 3.05) is 7.05 Å². The summed E-state index contributed by atoms with van der Waals surface area (Å²) in [5.74, 6) is -0.188. The lowest BCUT2D eigenvalue weighted by molar-refractivity contribution is -0.130. The minimum atomic E-state index is -0.256. The Labute approximate surface area is 117 Å². The standard InChI is InChI=1S/C15H18FN3O/c1-18(10-13-9-17-19(2)11-13)15(20)8-5-12-3-6-14(16)7-4-12/h3-4,6-7,9,11H,5,8,10H2,1-2H3. The lowest BCUT2D eigenvalue weighted by Crippen LogP contribution is -2.26. The molecule has 0 aliphatic heterocycles. The average Bonchev–Trinajstić information content (AvgIpc) is 2.83. The Hall–Kier alpha value is -2.17. The molecule has 0 atom stereocenters. The first kappa shape index (κ1) is 14.2. The van der Waals surface area contributed by atoms with Crippen molar-refractivity contribution in [1.82, 2.24) is 14.7 Å². The molecule has 0 aliphatic carbocycles. The average molecular weight is 275 g/mol. The fourth-order valence-corrected chi connectivity index (χ4v) is 2.01. The van der Waals surface area contributed by atoms with Crippen molar-refractivity contribution in [3.63, 3.8) is 0 Å². The van der Waals surface area contributed by atoms with Crippen molar-refractivity contribution >= 4 is 5.91 Å². The summed E-state index contributed by atoms with van der Waals surface area (Å²) < 4.78 is 14.5. The number of aromatic nitrogens is 2. The molecule has 0 unspecified atom stereocenters. The first-order chi connectivity index (χ1) is 9.54. The monoisotopic (exact) mass is 275 g/mol. The SMILES string of the molecule is CN(Cc1cnn(C)c1)C(=O)CCc1ccc(F)cc1. The van der Waals surface area contributed by atoms with Crippen LogP contribution in [0.15, 0.2) is 36.7 Å². The zero-order valence-corrected chi connectivity index (χ0v) is 11.7. The van der Waals surface area contributed by atoms with Crippen LogP contribution in [0.1, 0.15) is 17.5 Å². The Morgan fingerprint density at radius 3 is 2.60 bits per heavy atom. The maximum absolute atomic E-state index is 12.8. The van der Waals surface area contributed by atoms with Gasteiger partial charge in [0, 0.05) is 38.8 Å². The molecule has 1 heterocycles. The summed E-state index contributed by atoms with van der Waals surface area (Å²) in [5, 5.41) is 4.07. The van der Waals surface area contributed by atoms with Crippen LogP contribution >= 0.6 is 0 Å². The number of amides is 1. The molecule has 1 aromatic heterocycles. The van der Waals surface area contributed by atoms with E-state index in [2.05, 4.69) is 5.10 Å². The second kappa shape index (κ2) is 6.32. The summed E-state index contributed by atoms with van der Waals surface area (Å²) >= 11 is 0. The molecule has 1 aromatic carbocycles. The maximum Gasteiger partial charge on any atom is 0.222 e. The first-order valence-electron chi connectivity index (χ1n) is 6.50. The predicted octanol–water partition coefficient (Wildman–Crippen LogP) is 2.15. The van der Waals surface area contributed by atoms with Gasteiger partial charge in [0.05, 0.1) is 6.20 Å². The van der Waals surface area contributed by atoms with Gasteiger partial charge < -0.3 is 4.90 Å². The van der Waals surface area contributed by atoms with E-state index in [9.17, 15) is 9.18 Å². The molecule has 0 N–H and O–H groups in total. The number of carbonyl (C=O) groups excluding carboxylic acids is 1. The lowest BCUT2D eigenvalue weighted by atomic mass is 10.1. The molecule has 106 valence electrons. The van der Waals surface area contributed by atoms with Crippen molar-refractivity contribution < 1.29 is 9.18 Å². The van der Waals surface area contributed by atoms with Gasteiger partial charge >= 0.3 is 0 Å². The summed E-state index contributed by atoms with van der Waals surface area (Å²) in [6.07, 6.45) is 4.69.